The number of aryl methyl sites for hydroxylation is 1. The molecular formula is C13H23N5O. The van der Waals surface area contributed by atoms with Gasteiger partial charge in [0.2, 0.25) is 5.91 Å². The molecule has 6 nitrogen and oxygen atoms in total. The largest absolute Gasteiger partial charge is 0.347 e. The zero-order valence-corrected chi connectivity index (χ0v) is 12.1. The van der Waals surface area contributed by atoms with Crippen molar-refractivity contribution in [1.82, 2.24) is 24.9 Å². The minimum atomic E-state index is -0.103. The van der Waals surface area contributed by atoms with Crippen LogP contribution in [-0.2, 0) is 11.8 Å². The van der Waals surface area contributed by atoms with Gasteiger partial charge in [0.15, 0.2) is 0 Å². The fourth-order valence-corrected chi connectivity index (χ4v) is 2.67. The molecule has 1 amide bonds. The smallest absolute Gasteiger partial charge is 0.240 e. The van der Waals surface area contributed by atoms with Crippen LogP contribution in [-0.4, -0.2) is 65.3 Å². The fraction of sp³-hybridized carbons (Fsp3) is 0.692. The summed E-state index contributed by atoms with van der Waals surface area (Å²) in [6.07, 6.45) is 1.80. The Hall–Kier alpha value is -1.40. The summed E-state index contributed by atoms with van der Waals surface area (Å²) in [7, 11) is 5.56. The summed E-state index contributed by atoms with van der Waals surface area (Å²) in [5, 5.41) is 7.52. The molecule has 1 aromatic rings. The van der Waals surface area contributed by atoms with E-state index in [1.807, 2.05) is 31.9 Å². The molecule has 1 aromatic heterocycles. The Balaban J connectivity index is 2.20. The van der Waals surface area contributed by atoms with Crippen molar-refractivity contribution in [1.29, 1.82) is 0 Å². The minimum Gasteiger partial charge on any atom is -0.347 e. The summed E-state index contributed by atoms with van der Waals surface area (Å²) in [4.78, 5) is 16.2. The van der Waals surface area contributed by atoms with Crippen LogP contribution < -0.4 is 5.32 Å². The molecule has 0 bridgehead atoms. The molecule has 0 radical (unpaired) electrons. The molecule has 6 heteroatoms. The summed E-state index contributed by atoms with van der Waals surface area (Å²) >= 11 is 0. The van der Waals surface area contributed by atoms with Gasteiger partial charge in [-0.15, -0.1) is 0 Å². The number of piperazine rings is 1. The Kier molecular flexibility index (Phi) is 4.21. The van der Waals surface area contributed by atoms with E-state index in [-0.39, 0.29) is 18.0 Å². The van der Waals surface area contributed by atoms with Crippen LogP contribution in [0.15, 0.2) is 12.3 Å². The van der Waals surface area contributed by atoms with Crippen molar-refractivity contribution in [2.24, 2.45) is 7.05 Å². The Bertz CT molecular complexity index is 442. The lowest BCUT2D eigenvalue weighted by Crippen LogP contribution is -2.58. The van der Waals surface area contributed by atoms with Gasteiger partial charge < -0.3 is 10.2 Å². The molecule has 1 aliphatic heterocycles. The Morgan fingerprint density at radius 2 is 2.32 bits per heavy atom. The second kappa shape index (κ2) is 5.71. The number of carbonyl (C=O) groups is 1. The predicted octanol–water partition coefficient (Wildman–Crippen LogP) is -0.157. The van der Waals surface area contributed by atoms with E-state index >= 15 is 0 Å². The third-order valence-corrected chi connectivity index (χ3v) is 3.79. The Morgan fingerprint density at radius 1 is 1.58 bits per heavy atom. The second-order valence-electron chi connectivity index (χ2n) is 5.25. The van der Waals surface area contributed by atoms with Crippen molar-refractivity contribution in [2.75, 3.05) is 33.7 Å². The third kappa shape index (κ3) is 2.79. The summed E-state index contributed by atoms with van der Waals surface area (Å²) in [5.74, 6) is 0.154. The van der Waals surface area contributed by atoms with Crippen LogP contribution in [0.5, 0.6) is 0 Å². The number of hydrogen-bond donors (Lipinski definition) is 1. The number of carbonyl (C=O) groups excluding carboxylic acids is 1. The molecule has 0 saturated carbocycles. The van der Waals surface area contributed by atoms with Crippen LogP contribution in [0, 0.1) is 0 Å². The van der Waals surface area contributed by atoms with E-state index < -0.39 is 0 Å². The number of amides is 1. The van der Waals surface area contributed by atoms with E-state index in [1.165, 1.54) is 0 Å². The predicted molar refractivity (Wildman–Crippen MR) is 73.7 cm³/mol. The van der Waals surface area contributed by atoms with Crippen molar-refractivity contribution < 1.29 is 4.79 Å². The van der Waals surface area contributed by atoms with Gasteiger partial charge >= 0.3 is 0 Å². The lowest BCUT2D eigenvalue weighted by molar-refractivity contribution is -0.136. The Morgan fingerprint density at radius 3 is 2.89 bits per heavy atom. The van der Waals surface area contributed by atoms with Gasteiger partial charge in [-0.05, 0) is 13.0 Å². The molecule has 1 N–H and O–H groups in total. The average Bonchev–Trinajstić information content (AvgIpc) is 2.83. The highest BCUT2D eigenvalue weighted by Crippen LogP contribution is 2.23. The monoisotopic (exact) mass is 265 g/mol. The van der Waals surface area contributed by atoms with Gasteiger partial charge in [0.05, 0.1) is 5.69 Å². The maximum absolute atomic E-state index is 12.3. The van der Waals surface area contributed by atoms with Crippen molar-refractivity contribution in [2.45, 2.75) is 19.0 Å². The normalized spacial score (nSPS) is 22.2. The molecule has 1 aliphatic rings. The van der Waals surface area contributed by atoms with Crippen molar-refractivity contribution in [3.05, 3.63) is 18.0 Å². The summed E-state index contributed by atoms with van der Waals surface area (Å²) in [5.41, 5.74) is 1.14. The molecule has 2 rings (SSSR count). The number of likely N-dealkylation sites (N-methyl/N-ethyl adjacent to an activating group) is 1. The van der Waals surface area contributed by atoms with Gasteiger partial charge in [-0.3, -0.25) is 14.4 Å². The maximum atomic E-state index is 12.3. The molecule has 0 spiro atoms. The first-order chi connectivity index (χ1) is 9.02. The lowest BCUT2D eigenvalue weighted by Gasteiger charge is -2.40. The fourth-order valence-electron chi connectivity index (χ4n) is 2.67. The SMILES string of the molecule is CC(c1ccnn1C)N1CCNCC1C(=O)N(C)C. The lowest BCUT2D eigenvalue weighted by atomic mass is 10.1. The van der Waals surface area contributed by atoms with Crippen molar-refractivity contribution in [3.8, 4) is 0 Å². The first-order valence-corrected chi connectivity index (χ1v) is 6.68. The second-order valence-corrected chi connectivity index (χ2v) is 5.25. The van der Waals surface area contributed by atoms with Gasteiger partial charge in [0, 0.05) is 53.0 Å². The number of aromatic nitrogens is 2. The van der Waals surface area contributed by atoms with E-state index in [9.17, 15) is 4.79 Å². The van der Waals surface area contributed by atoms with E-state index in [4.69, 9.17) is 0 Å². The van der Waals surface area contributed by atoms with E-state index in [0.29, 0.717) is 6.54 Å². The number of nitrogens with one attached hydrogen (secondary N) is 1. The van der Waals surface area contributed by atoms with Crippen LogP contribution in [0.4, 0.5) is 0 Å². The molecule has 1 fully saturated rings. The van der Waals surface area contributed by atoms with Gasteiger partial charge in [-0.1, -0.05) is 0 Å². The van der Waals surface area contributed by atoms with E-state index in [2.05, 4.69) is 22.2 Å². The number of rotatable bonds is 3. The zero-order chi connectivity index (χ0) is 14.0. The molecule has 1 saturated heterocycles. The molecule has 2 atom stereocenters. The number of nitrogens with zero attached hydrogens (tertiary/aromatic N) is 4. The van der Waals surface area contributed by atoms with E-state index in [1.54, 1.807) is 11.1 Å². The highest BCUT2D eigenvalue weighted by atomic mass is 16.2. The van der Waals surface area contributed by atoms with Gasteiger partial charge in [-0.25, -0.2) is 0 Å². The quantitative estimate of drug-likeness (QED) is 0.825. The molecule has 0 aliphatic carbocycles. The topological polar surface area (TPSA) is 53.4 Å². The van der Waals surface area contributed by atoms with Crippen LogP contribution in [0.2, 0.25) is 0 Å². The standard InChI is InChI=1S/C13H23N5O/c1-10(11-5-6-15-17(11)4)18-8-7-14-9-12(18)13(19)16(2)3/h5-6,10,12,14H,7-9H2,1-4H3. The molecule has 106 valence electrons. The summed E-state index contributed by atoms with van der Waals surface area (Å²) < 4.78 is 1.88. The van der Waals surface area contributed by atoms with Gasteiger partial charge in [0.1, 0.15) is 6.04 Å². The highest BCUT2D eigenvalue weighted by Gasteiger charge is 2.33. The first kappa shape index (κ1) is 14.0. The third-order valence-electron chi connectivity index (χ3n) is 3.79. The van der Waals surface area contributed by atoms with Crippen LogP contribution in [0.25, 0.3) is 0 Å². The molecule has 2 unspecified atom stereocenters. The first-order valence-electron chi connectivity index (χ1n) is 6.68. The average molecular weight is 265 g/mol. The molecule has 19 heavy (non-hydrogen) atoms. The van der Waals surface area contributed by atoms with Crippen molar-refractivity contribution >= 4 is 5.91 Å². The molecular weight excluding hydrogens is 242 g/mol. The van der Waals surface area contributed by atoms with Gasteiger partial charge in [0.25, 0.3) is 0 Å². The highest BCUT2D eigenvalue weighted by molar-refractivity contribution is 5.81. The van der Waals surface area contributed by atoms with Crippen LogP contribution in [0.3, 0.4) is 0 Å². The van der Waals surface area contributed by atoms with Crippen LogP contribution >= 0.6 is 0 Å². The van der Waals surface area contributed by atoms with Gasteiger partial charge in [-0.2, -0.15) is 5.10 Å². The van der Waals surface area contributed by atoms with Crippen LogP contribution in [0.1, 0.15) is 18.7 Å². The summed E-state index contributed by atoms with van der Waals surface area (Å²) in [6.45, 7) is 4.63. The molecule has 2 heterocycles. The maximum Gasteiger partial charge on any atom is 0.240 e. The number of hydrogen-bond acceptors (Lipinski definition) is 4. The summed E-state index contributed by atoms with van der Waals surface area (Å²) in [6, 6.07) is 2.10. The van der Waals surface area contributed by atoms with E-state index in [0.717, 1.165) is 18.8 Å². The van der Waals surface area contributed by atoms with Crippen molar-refractivity contribution in [3.63, 3.8) is 0 Å². The minimum absolute atomic E-state index is 0.103. The molecule has 0 aromatic carbocycles. The zero-order valence-electron chi connectivity index (χ0n) is 12.1. The Labute approximate surface area is 114 Å².